The van der Waals surface area contributed by atoms with Crippen LogP contribution < -0.4 is 11.3 Å². The molecule has 0 aromatic carbocycles. The van der Waals surface area contributed by atoms with Crippen molar-refractivity contribution in [3.05, 3.63) is 0 Å². The summed E-state index contributed by atoms with van der Waals surface area (Å²) in [4.78, 5) is 31.9. The summed E-state index contributed by atoms with van der Waals surface area (Å²) in [6, 6.07) is 0. The van der Waals surface area contributed by atoms with E-state index in [9.17, 15) is 14.4 Å². The minimum Gasteiger partial charge on any atom is -0.480 e. The largest absolute Gasteiger partial charge is 0.480 e. The van der Waals surface area contributed by atoms with E-state index in [0.29, 0.717) is 0 Å². The standard InChI is InChI=1S/C3H7N3O2.C3H4O3/c4-6-2-5-1-3(7)8;1-2(4)3(5)6/h2H,1,4H2,(H,5,6)(H,7,8);1H3,(H,5,6). The highest BCUT2D eigenvalue weighted by Gasteiger charge is 1.98. The molecule has 0 radical (unpaired) electrons. The fourth-order valence-electron chi connectivity index (χ4n) is 0.176. The number of carbonyl (C=O) groups is 3. The van der Waals surface area contributed by atoms with Crippen LogP contribution in [0.3, 0.4) is 0 Å². The lowest BCUT2D eigenvalue weighted by atomic mass is 10.5. The monoisotopic (exact) mass is 205 g/mol. The molecule has 0 aromatic rings. The average Bonchev–Trinajstić information content (AvgIpc) is 2.05. The van der Waals surface area contributed by atoms with Gasteiger partial charge in [0.1, 0.15) is 6.54 Å². The summed E-state index contributed by atoms with van der Waals surface area (Å²) in [5.74, 6) is 1.54. The molecular formula is C6H11N3O5. The van der Waals surface area contributed by atoms with Crippen LogP contribution in [0.15, 0.2) is 4.99 Å². The molecule has 0 saturated carbocycles. The summed E-state index contributed by atoms with van der Waals surface area (Å²) in [7, 11) is 0. The Morgan fingerprint density at radius 3 is 2.07 bits per heavy atom. The third-order valence-electron chi connectivity index (χ3n) is 0.694. The maximum atomic E-state index is 9.69. The van der Waals surface area contributed by atoms with Gasteiger partial charge in [-0.3, -0.25) is 14.6 Å². The summed E-state index contributed by atoms with van der Waals surface area (Å²) < 4.78 is 0. The fraction of sp³-hybridized carbons (Fsp3) is 0.333. The maximum Gasteiger partial charge on any atom is 0.371 e. The van der Waals surface area contributed by atoms with Crippen molar-refractivity contribution in [2.45, 2.75) is 6.92 Å². The first kappa shape index (κ1) is 14.6. The number of rotatable bonds is 4. The van der Waals surface area contributed by atoms with Gasteiger partial charge in [-0.05, 0) is 0 Å². The summed E-state index contributed by atoms with van der Waals surface area (Å²) in [6.45, 7) is 0.756. The summed E-state index contributed by atoms with van der Waals surface area (Å²) in [6.07, 6.45) is 1.12. The predicted molar refractivity (Wildman–Crippen MR) is 46.6 cm³/mol. The molecule has 0 fully saturated rings. The SMILES string of the molecule is CC(=O)C(=O)O.NNC=NCC(=O)O. The summed E-state index contributed by atoms with van der Waals surface area (Å²) >= 11 is 0. The lowest BCUT2D eigenvalue weighted by Crippen LogP contribution is -2.19. The number of carboxylic acid groups (broad SMARTS) is 2. The third kappa shape index (κ3) is 16.6. The number of Topliss-reactive ketones (excluding diaryl/α,β-unsaturated/α-hetero) is 1. The van der Waals surface area contributed by atoms with Gasteiger partial charge in [-0.2, -0.15) is 0 Å². The van der Waals surface area contributed by atoms with Gasteiger partial charge in [-0.25, -0.2) is 10.6 Å². The number of nitrogens with zero attached hydrogens (tertiary/aromatic N) is 1. The minimum atomic E-state index is -1.38. The van der Waals surface area contributed by atoms with Crippen molar-refractivity contribution >= 4 is 24.1 Å². The van der Waals surface area contributed by atoms with E-state index in [1.807, 2.05) is 0 Å². The molecule has 0 spiro atoms. The van der Waals surface area contributed by atoms with Gasteiger partial charge in [-0.15, -0.1) is 0 Å². The molecule has 8 heteroatoms. The Kier molecular flexibility index (Phi) is 9.49. The van der Waals surface area contributed by atoms with Crippen LogP contribution in [0.2, 0.25) is 0 Å². The number of hydrogen-bond donors (Lipinski definition) is 4. The molecular weight excluding hydrogens is 194 g/mol. The first-order chi connectivity index (χ1) is 6.41. The molecule has 8 nitrogen and oxygen atoms in total. The highest BCUT2D eigenvalue weighted by atomic mass is 16.4. The number of hydrazine groups is 1. The van der Waals surface area contributed by atoms with Gasteiger partial charge in [0, 0.05) is 6.92 Å². The number of nitrogens with one attached hydrogen (secondary N) is 1. The minimum absolute atomic E-state index is 0.246. The van der Waals surface area contributed by atoms with Crippen molar-refractivity contribution < 1.29 is 24.6 Å². The molecule has 0 aliphatic carbocycles. The summed E-state index contributed by atoms with van der Waals surface area (Å²) in [5.41, 5.74) is 2.07. The quantitative estimate of drug-likeness (QED) is 0.140. The highest BCUT2D eigenvalue weighted by Crippen LogP contribution is 1.63. The van der Waals surface area contributed by atoms with Crippen molar-refractivity contribution in [3.63, 3.8) is 0 Å². The Morgan fingerprint density at radius 1 is 1.43 bits per heavy atom. The Labute approximate surface area is 79.4 Å². The Balaban J connectivity index is 0. The number of ketones is 1. The van der Waals surface area contributed by atoms with Gasteiger partial charge in [0.05, 0.1) is 6.34 Å². The zero-order chi connectivity index (χ0) is 11.6. The molecule has 0 heterocycles. The Hall–Kier alpha value is -1.96. The topological polar surface area (TPSA) is 142 Å². The Morgan fingerprint density at radius 2 is 1.86 bits per heavy atom. The number of aliphatic imine (C=N–C) groups is 1. The van der Waals surface area contributed by atoms with Crippen molar-refractivity contribution in [2.24, 2.45) is 10.8 Å². The molecule has 0 saturated heterocycles. The van der Waals surface area contributed by atoms with E-state index in [0.717, 1.165) is 13.3 Å². The second-order valence-electron chi connectivity index (χ2n) is 1.89. The third-order valence-corrected chi connectivity index (χ3v) is 0.694. The van der Waals surface area contributed by atoms with E-state index in [-0.39, 0.29) is 6.54 Å². The molecule has 0 aromatic heterocycles. The van der Waals surface area contributed by atoms with E-state index < -0.39 is 17.7 Å². The molecule has 5 N–H and O–H groups in total. The molecule has 0 unspecified atom stereocenters. The van der Waals surface area contributed by atoms with Crippen molar-refractivity contribution in [1.29, 1.82) is 0 Å². The molecule has 14 heavy (non-hydrogen) atoms. The van der Waals surface area contributed by atoms with Gasteiger partial charge < -0.3 is 15.6 Å². The fourth-order valence-corrected chi connectivity index (χ4v) is 0.176. The van der Waals surface area contributed by atoms with Crippen LogP contribution in [0.1, 0.15) is 6.92 Å². The second kappa shape index (κ2) is 9.13. The first-order valence-electron chi connectivity index (χ1n) is 3.31. The number of nitrogens with two attached hydrogens (primary N) is 1. The van der Waals surface area contributed by atoms with Crippen molar-refractivity contribution in [2.75, 3.05) is 6.54 Å². The molecule has 0 atom stereocenters. The lowest BCUT2D eigenvalue weighted by Gasteiger charge is -1.83. The normalized spacial score (nSPS) is 8.71. The zero-order valence-electron chi connectivity index (χ0n) is 7.43. The van der Waals surface area contributed by atoms with Gasteiger partial charge in [0.2, 0.25) is 5.78 Å². The number of carbonyl (C=O) groups excluding carboxylic acids is 1. The van der Waals surface area contributed by atoms with Gasteiger partial charge in [0.15, 0.2) is 0 Å². The van der Waals surface area contributed by atoms with E-state index in [1.54, 1.807) is 0 Å². The van der Waals surface area contributed by atoms with Crippen LogP contribution in [0, 0.1) is 0 Å². The van der Waals surface area contributed by atoms with E-state index in [1.165, 1.54) is 0 Å². The zero-order valence-corrected chi connectivity index (χ0v) is 7.43. The average molecular weight is 205 g/mol. The van der Waals surface area contributed by atoms with Gasteiger partial charge in [-0.1, -0.05) is 0 Å². The van der Waals surface area contributed by atoms with Crippen LogP contribution in [0.25, 0.3) is 0 Å². The molecule has 0 bridgehead atoms. The van der Waals surface area contributed by atoms with Crippen molar-refractivity contribution in [3.8, 4) is 0 Å². The van der Waals surface area contributed by atoms with E-state index in [2.05, 4.69) is 10.4 Å². The highest BCUT2D eigenvalue weighted by molar-refractivity contribution is 6.31. The van der Waals surface area contributed by atoms with Crippen LogP contribution in [-0.4, -0.2) is 40.8 Å². The number of carboxylic acids is 2. The summed E-state index contributed by atoms with van der Waals surface area (Å²) in [5, 5.41) is 15.6. The second-order valence-corrected chi connectivity index (χ2v) is 1.89. The predicted octanol–water partition coefficient (Wildman–Crippen LogP) is -1.78. The van der Waals surface area contributed by atoms with Crippen LogP contribution in [0.4, 0.5) is 0 Å². The number of aliphatic carboxylic acids is 2. The van der Waals surface area contributed by atoms with E-state index >= 15 is 0 Å². The molecule has 0 aliphatic rings. The molecule has 0 amide bonds. The van der Waals surface area contributed by atoms with Crippen LogP contribution >= 0.6 is 0 Å². The van der Waals surface area contributed by atoms with E-state index in [4.69, 9.17) is 16.1 Å². The van der Waals surface area contributed by atoms with Gasteiger partial charge in [0.25, 0.3) is 0 Å². The van der Waals surface area contributed by atoms with Crippen LogP contribution in [0.5, 0.6) is 0 Å². The van der Waals surface area contributed by atoms with Gasteiger partial charge >= 0.3 is 11.9 Å². The lowest BCUT2D eigenvalue weighted by molar-refractivity contribution is -0.148. The molecule has 80 valence electrons. The van der Waals surface area contributed by atoms with Crippen LogP contribution in [-0.2, 0) is 14.4 Å². The maximum absolute atomic E-state index is 9.69. The molecule has 0 rings (SSSR count). The first-order valence-corrected chi connectivity index (χ1v) is 3.31. The van der Waals surface area contributed by atoms with Crippen molar-refractivity contribution in [1.82, 2.24) is 5.43 Å². The molecule has 0 aliphatic heterocycles. The Bertz CT molecular complexity index is 226. The smallest absolute Gasteiger partial charge is 0.371 e. The number of hydrogen-bond acceptors (Lipinski definition) is 5.